The van der Waals surface area contributed by atoms with Gasteiger partial charge in [-0.15, -0.1) is 0 Å². The minimum absolute atomic E-state index is 0.0981. The molecule has 6 nitrogen and oxygen atoms in total. The molecule has 0 spiro atoms. The summed E-state index contributed by atoms with van der Waals surface area (Å²) in [5.41, 5.74) is 4.51. The number of hydrogen-bond donors (Lipinski definition) is 1. The average Bonchev–Trinajstić information content (AvgIpc) is 2.98. The first-order chi connectivity index (χ1) is 14.2. The fourth-order valence-corrected chi connectivity index (χ4v) is 3.91. The van der Waals surface area contributed by atoms with Gasteiger partial charge in [0.2, 0.25) is 0 Å². The standard InChI is InChI=1S/C23H28N4O2/c1-17-8-7-9-22-25-19(16-27(17)22)15-24-20-14-18(10-11-21(20)29-2)23(28)26-12-5-3-4-6-13-26/h7-11,14,16,24H,3-6,12-13,15H2,1-2H3. The molecule has 1 aromatic carbocycles. The molecule has 3 heterocycles. The molecule has 152 valence electrons. The van der Waals surface area contributed by atoms with Crippen molar-refractivity contribution in [3.8, 4) is 5.75 Å². The highest BCUT2D eigenvalue weighted by molar-refractivity contribution is 5.95. The Balaban J connectivity index is 1.53. The van der Waals surface area contributed by atoms with Gasteiger partial charge in [0.05, 0.1) is 25.0 Å². The lowest BCUT2D eigenvalue weighted by Gasteiger charge is -2.21. The van der Waals surface area contributed by atoms with Crippen molar-refractivity contribution in [2.75, 3.05) is 25.5 Å². The molecule has 1 aliphatic rings. The van der Waals surface area contributed by atoms with Crippen LogP contribution in [-0.2, 0) is 6.54 Å². The number of anilines is 1. The summed E-state index contributed by atoms with van der Waals surface area (Å²) in [4.78, 5) is 19.6. The van der Waals surface area contributed by atoms with Gasteiger partial charge in [-0.25, -0.2) is 4.98 Å². The maximum atomic E-state index is 13.0. The van der Waals surface area contributed by atoms with Crippen LogP contribution in [0.4, 0.5) is 5.69 Å². The van der Waals surface area contributed by atoms with E-state index in [0.717, 1.165) is 54.4 Å². The normalized spacial score (nSPS) is 14.6. The number of imidazole rings is 1. The van der Waals surface area contributed by atoms with E-state index in [1.165, 1.54) is 12.8 Å². The molecule has 1 aliphatic heterocycles. The van der Waals surface area contributed by atoms with Gasteiger partial charge in [-0.05, 0) is 50.1 Å². The predicted octanol–water partition coefficient (Wildman–Crippen LogP) is 4.28. The lowest BCUT2D eigenvalue weighted by atomic mass is 10.1. The number of fused-ring (bicyclic) bond motifs is 1. The Morgan fingerprint density at radius 2 is 1.93 bits per heavy atom. The third kappa shape index (κ3) is 4.21. The van der Waals surface area contributed by atoms with Gasteiger partial charge in [-0.1, -0.05) is 18.9 Å². The Bertz CT molecular complexity index is 1000. The van der Waals surface area contributed by atoms with Crippen LogP contribution in [0, 0.1) is 6.92 Å². The molecule has 1 fully saturated rings. The Kier molecular flexibility index (Phi) is 5.69. The van der Waals surface area contributed by atoms with Crippen molar-refractivity contribution < 1.29 is 9.53 Å². The minimum Gasteiger partial charge on any atom is -0.495 e. The molecule has 1 saturated heterocycles. The Labute approximate surface area is 171 Å². The Hall–Kier alpha value is -3.02. The van der Waals surface area contributed by atoms with Crippen LogP contribution in [0.3, 0.4) is 0 Å². The van der Waals surface area contributed by atoms with Gasteiger partial charge in [0.15, 0.2) is 0 Å². The monoisotopic (exact) mass is 392 g/mol. The first kappa shape index (κ1) is 19.3. The maximum absolute atomic E-state index is 13.0. The van der Waals surface area contributed by atoms with Gasteiger partial charge in [0.25, 0.3) is 5.91 Å². The fraction of sp³-hybridized carbons (Fsp3) is 0.391. The predicted molar refractivity (Wildman–Crippen MR) is 115 cm³/mol. The maximum Gasteiger partial charge on any atom is 0.253 e. The quantitative estimate of drug-likeness (QED) is 0.704. The summed E-state index contributed by atoms with van der Waals surface area (Å²) >= 11 is 0. The molecule has 6 heteroatoms. The number of methoxy groups -OCH3 is 1. The van der Waals surface area contributed by atoms with Gasteiger partial charge >= 0.3 is 0 Å². The molecule has 1 amide bonds. The molecule has 29 heavy (non-hydrogen) atoms. The number of aryl methyl sites for hydroxylation is 1. The number of aromatic nitrogens is 2. The lowest BCUT2D eigenvalue weighted by Crippen LogP contribution is -2.31. The number of hydrogen-bond acceptors (Lipinski definition) is 4. The van der Waals surface area contributed by atoms with Crippen molar-refractivity contribution in [1.29, 1.82) is 0 Å². The summed E-state index contributed by atoms with van der Waals surface area (Å²) in [6.07, 6.45) is 6.62. The van der Waals surface area contributed by atoms with Crippen LogP contribution in [-0.4, -0.2) is 40.4 Å². The molecule has 0 saturated carbocycles. The van der Waals surface area contributed by atoms with Crippen molar-refractivity contribution in [3.63, 3.8) is 0 Å². The molecular weight excluding hydrogens is 364 g/mol. The fourth-order valence-electron chi connectivity index (χ4n) is 3.91. The molecule has 0 bridgehead atoms. The van der Waals surface area contributed by atoms with Gasteiger partial charge in [-0.2, -0.15) is 0 Å². The Morgan fingerprint density at radius 1 is 1.14 bits per heavy atom. The van der Waals surface area contributed by atoms with Crippen LogP contribution in [0.15, 0.2) is 42.6 Å². The number of nitrogens with one attached hydrogen (secondary N) is 1. The molecule has 2 aromatic heterocycles. The lowest BCUT2D eigenvalue weighted by molar-refractivity contribution is 0.0761. The number of likely N-dealkylation sites (tertiary alicyclic amines) is 1. The van der Waals surface area contributed by atoms with Crippen molar-refractivity contribution >= 4 is 17.2 Å². The summed E-state index contributed by atoms with van der Waals surface area (Å²) in [6, 6.07) is 11.7. The van der Waals surface area contributed by atoms with E-state index < -0.39 is 0 Å². The first-order valence-corrected chi connectivity index (χ1v) is 10.3. The van der Waals surface area contributed by atoms with Crippen LogP contribution in [0.5, 0.6) is 5.75 Å². The van der Waals surface area contributed by atoms with Gasteiger partial charge < -0.3 is 19.4 Å². The molecule has 4 rings (SSSR count). The zero-order valence-electron chi connectivity index (χ0n) is 17.1. The van der Waals surface area contributed by atoms with E-state index in [0.29, 0.717) is 12.1 Å². The van der Waals surface area contributed by atoms with E-state index in [2.05, 4.69) is 27.7 Å². The van der Waals surface area contributed by atoms with E-state index in [4.69, 9.17) is 4.74 Å². The Morgan fingerprint density at radius 3 is 2.66 bits per heavy atom. The number of carbonyl (C=O) groups excluding carboxylic acids is 1. The van der Waals surface area contributed by atoms with Crippen LogP contribution in [0.2, 0.25) is 0 Å². The van der Waals surface area contributed by atoms with Crippen LogP contribution < -0.4 is 10.1 Å². The number of nitrogens with zero attached hydrogens (tertiary/aromatic N) is 3. The van der Waals surface area contributed by atoms with E-state index in [1.54, 1.807) is 7.11 Å². The molecule has 0 unspecified atom stereocenters. The van der Waals surface area contributed by atoms with Gasteiger partial charge in [0.1, 0.15) is 11.4 Å². The number of carbonyl (C=O) groups is 1. The van der Waals surface area contributed by atoms with E-state index >= 15 is 0 Å². The second kappa shape index (κ2) is 8.55. The number of rotatable bonds is 5. The second-order valence-corrected chi connectivity index (χ2v) is 7.60. The second-order valence-electron chi connectivity index (χ2n) is 7.60. The molecule has 0 atom stereocenters. The highest BCUT2D eigenvalue weighted by Crippen LogP contribution is 2.27. The third-order valence-electron chi connectivity index (χ3n) is 5.55. The highest BCUT2D eigenvalue weighted by atomic mass is 16.5. The number of pyridine rings is 1. The summed E-state index contributed by atoms with van der Waals surface area (Å²) < 4.78 is 7.58. The zero-order chi connectivity index (χ0) is 20.2. The van der Waals surface area contributed by atoms with Gasteiger partial charge in [-0.3, -0.25) is 4.79 Å². The van der Waals surface area contributed by atoms with Crippen molar-refractivity contribution in [2.45, 2.75) is 39.2 Å². The van der Waals surface area contributed by atoms with Crippen LogP contribution in [0.1, 0.15) is 47.4 Å². The van der Waals surface area contributed by atoms with Crippen LogP contribution in [0.25, 0.3) is 5.65 Å². The summed E-state index contributed by atoms with van der Waals surface area (Å²) in [5.74, 6) is 0.818. The molecule has 0 aliphatic carbocycles. The molecular formula is C23H28N4O2. The average molecular weight is 393 g/mol. The SMILES string of the molecule is COc1ccc(C(=O)N2CCCCCC2)cc1NCc1cn2c(C)cccc2n1. The largest absolute Gasteiger partial charge is 0.495 e. The highest BCUT2D eigenvalue weighted by Gasteiger charge is 2.18. The zero-order valence-corrected chi connectivity index (χ0v) is 17.1. The van der Waals surface area contributed by atoms with Crippen molar-refractivity contribution in [1.82, 2.24) is 14.3 Å². The molecule has 3 aromatic rings. The minimum atomic E-state index is 0.0981. The summed E-state index contributed by atoms with van der Waals surface area (Å²) in [7, 11) is 1.64. The topological polar surface area (TPSA) is 58.9 Å². The number of benzene rings is 1. The van der Waals surface area contributed by atoms with Crippen molar-refractivity contribution in [2.24, 2.45) is 0 Å². The van der Waals surface area contributed by atoms with Gasteiger partial charge in [0, 0.05) is 30.5 Å². The summed E-state index contributed by atoms with van der Waals surface area (Å²) in [5, 5.41) is 3.40. The summed E-state index contributed by atoms with van der Waals surface area (Å²) in [6.45, 7) is 4.30. The third-order valence-corrected chi connectivity index (χ3v) is 5.55. The number of ether oxygens (including phenoxy) is 1. The van der Waals surface area contributed by atoms with Crippen molar-refractivity contribution in [3.05, 3.63) is 59.5 Å². The van der Waals surface area contributed by atoms with E-state index in [-0.39, 0.29) is 5.91 Å². The molecule has 0 radical (unpaired) electrons. The van der Waals surface area contributed by atoms with E-state index in [1.807, 2.05) is 41.4 Å². The van der Waals surface area contributed by atoms with E-state index in [9.17, 15) is 4.79 Å². The smallest absolute Gasteiger partial charge is 0.253 e. The van der Waals surface area contributed by atoms with Crippen LogP contribution >= 0.6 is 0 Å². The first-order valence-electron chi connectivity index (χ1n) is 10.3. The molecule has 1 N–H and O–H groups in total. The number of amides is 1.